The first-order chi connectivity index (χ1) is 9.67. The van der Waals surface area contributed by atoms with Gasteiger partial charge in [-0.1, -0.05) is 0 Å². The highest BCUT2D eigenvalue weighted by Gasteiger charge is 1.98. The molecule has 0 saturated carbocycles. The Hall–Kier alpha value is -2.36. The van der Waals surface area contributed by atoms with Crippen molar-refractivity contribution in [3.63, 3.8) is 0 Å². The number of hydrogen-bond donors (Lipinski definition) is 2. The lowest BCUT2D eigenvalue weighted by molar-refractivity contribution is 0.529. The number of rotatable bonds is 6. The first kappa shape index (κ1) is 15.7. The van der Waals surface area contributed by atoms with Gasteiger partial charge in [0, 0.05) is 25.7 Å². The van der Waals surface area contributed by atoms with Crippen LogP contribution >= 0.6 is 0 Å². The van der Waals surface area contributed by atoms with Gasteiger partial charge < -0.3 is 5.32 Å². The van der Waals surface area contributed by atoms with E-state index in [0.29, 0.717) is 25.6 Å². The third kappa shape index (κ3) is 5.52. The smallest absolute Gasteiger partial charge is 0.266 e. The maximum absolute atomic E-state index is 11.5. The second-order valence-corrected chi connectivity index (χ2v) is 4.24. The molecule has 0 radical (unpaired) electrons. The van der Waals surface area contributed by atoms with Crippen LogP contribution in [0.2, 0.25) is 0 Å². The van der Waals surface area contributed by atoms with Gasteiger partial charge in [0.05, 0.1) is 5.69 Å². The molecule has 0 aliphatic rings. The maximum atomic E-state index is 11.5. The summed E-state index contributed by atoms with van der Waals surface area (Å²) in [6.45, 7) is 5.67. The fraction of sp³-hybridized carbons (Fsp3) is 0.538. The molecule has 0 atom stereocenters. The van der Waals surface area contributed by atoms with E-state index in [4.69, 9.17) is 5.26 Å². The molecule has 0 spiro atoms. The molecule has 0 amide bonds. The van der Waals surface area contributed by atoms with Gasteiger partial charge in [-0.2, -0.15) is 10.4 Å². The van der Waals surface area contributed by atoms with E-state index in [1.54, 1.807) is 6.07 Å². The van der Waals surface area contributed by atoms with Crippen molar-refractivity contribution in [2.24, 2.45) is 4.99 Å². The highest BCUT2D eigenvalue weighted by molar-refractivity contribution is 5.81. The number of nitriles is 1. The fourth-order valence-corrected chi connectivity index (χ4v) is 1.64. The lowest BCUT2D eigenvalue weighted by Crippen LogP contribution is -2.34. The van der Waals surface area contributed by atoms with Crippen LogP contribution in [0.25, 0.3) is 0 Å². The molecule has 1 rings (SSSR count). The summed E-state index contributed by atoms with van der Waals surface area (Å²) in [6.07, 6.45) is 3.47. The summed E-state index contributed by atoms with van der Waals surface area (Å²) in [4.78, 5) is 15.8. The highest BCUT2D eigenvalue weighted by Crippen LogP contribution is 1.94. The van der Waals surface area contributed by atoms with Crippen LogP contribution in [-0.2, 0) is 6.54 Å². The predicted molar refractivity (Wildman–Crippen MR) is 77.2 cm³/mol. The van der Waals surface area contributed by atoms with E-state index in [2.05, 4.69) is 20.7 Å². The number of guanidine groups is 1. The Balaban J connectivity index is 2.38. The lowest BCUT2D eigenvalue weighted by Gasteiger charge is -2.06. The number of nitrogens with one attached hydrogen (secondary N) is 2. The molecule has 0 aromatic carbocycles. The van der Waals surface area contributed by atoms with Crippen molar-refractivity contribution in [2.45, 2.75) is 33.2 Å². The van der Waals surface area contributed by atoms with Gasteiger partial charge in [-0.25, -0.2) is 4.68 Å². The van der Waals surface area contributed by atoms with Gasteiger partial charge in [-0.15, -0.1) is 0 Å². The molecule has 1 heterocycles. The Morgan fingerprint density at radius 1 is 1.50 bits per heavy atom. The van der Waals surface area contributed by atoms with Crippen molar-refractivity contribution in [2.75, 3.05) is 13.1 Å². The molecular formula is C13H20N6O. The largest absolute Gasteiger partial charge is 0.356 e. The Bertz CT molecular complexity index is 543. The van der Waals surface area contributed by atoms with Gasteiger partial charge >= 0.3 is 0 Å². The molecular weight excluding hydrogens is 256 g/mol. The van der Waals surface area contributed by atoms with Crippen molar-refractivity contribution >= 4 is 5.96 Å². The second-order valence-electron chi connectivity index (χ2n) is 4.24. The van der Waals surface area contributed by atoms with Crippen LogP contribution < -0.4 is 16.2 Å². The maximum Gasteiger partial charge on any atom is 0.266 e. The summed E-state index contributed by atoms with van der Waals surface area (Å²) < 4.78 is 1.47. The first-order valence-corrected chi connectivity index (χ1v) is 6.65. The molecule has 1 aromatic heterocycles. The quantitative estimate of drug-likeness (QED) is 0.257. The minimum Gasteiger partial charge on any atom is -0.356 e. The van der Waals surface area contributed by atoms with E-state index in [-0.39, 0.29) is 5.56 Å². The van der Waals surface area contributed by atoms with Crippen LogP contribution in [0.1, 0.15) is 25.5 Å². The topological polar surface area (TPSA) is 95.1 Å². The fourth-order valence-electron chi connectivity index (χ4n) is 1.64. The number of aromatic nitrogens is 2. The van der Waals surface area contributed by atoms with Crippen molar-refractivity contribution in [3.05, 3.63) is 28.2 Å². The average Bonchev–Trinajstić information content (AvgIpc) is 2.42. The van der Waals surface area contributed by atoms with Gasteiger partial charge in [0.2, 0.25) is 5.96 Å². The molecule has 1 aromatic rings. The summed E-state index contributed by atoms with van der Waals surface area (Å²) >= 11 is 0. The van der Waals surface area contributed by atoms with Crippen LogP contribution in [-0.4, -0.2) is 28.8 Å². The van der Waals surface area contributed by atoms with Crippen LogP contribution in [0.15, 0.2) is 21.9 Å². The van der Waals surface area contributed by atoms with E-state index >= 15 is 0 Å². The predicted octanol–water partition coefficient (Wildman–Crippen LogP) is 0.368. The average molecular weight is 276 g/mol. The number of aliphatic imine (C=N–C) groups is 1. The number of aryl methyl sites for hydroxylation is 2. The molecule has 7 heteroatoms. The minimum absolute atomic E-state index is 0.0846. The summed E-state index contributed by atoms with van der Waals surface area (Å²) in [5.74, 6) is 0.487. The molecule has 0 unspecified atom stereocenters. The van der Waals surface area contributed by atoms with Crippen molar-refractivity contribution in [1.29, 1.82) is 5.26 Å². The zero-order chi connectivity index (χ0) is 14.8. The normalized spacial score (nSPS) is 10.9. The Labute approximate surface area is 118 Å². The van der Waals surface area contributed by atoms with E-state index in [1.807, 2.05) is 20.0 Å². The summed E-state index contributed by atoms with van der Waals surface area (Å²) in [5, 5.41) is 18.2. The van der Waals surface area contributed by atoms with Gasteiger partial charge in [0.1, 0.15) is 0 Å². The van der Waals surface area contributed by atoms with Crippen molar-refractivity contribution < 1.29 is 0 Å². The second kappa shape index (κ2) is 8.69. The van der Waals surface area contributed by atoms with Crippen molar-refractivity contribution in [1.82, 2.24) is 20.4 Å². The van der Waals surface area contributed by atoms with Gasteiger partial charge in [-0.3, -0.25) is 15.1 Å². The SMILES string of the molecule is CCNC(=NCCCCn1nc(C)ccc1=O)NC#N. The Kier molecular flexibility index (Phi) is 6.82. The molecule has 108 valence electrons. The summed E-state index contributed by atoms with van der Waals surface area (Å²) in [7, 11) is 0. The van der Waals surface area contributed by atoms with E-state index in [1.165, 1.54) is 10.7 Å². The van der Waals surface area contributed by atoms with Crippen LogP contribution in [0.4, 0.5) is 0 Å². The molecule has 0 aliphatic heterocycles. The molecule has 0 fully saturated rings. The van der Waals surface area contributed by atoms with Crippen LogP contribution in [0, 0.1) is 18.4 Å². The third-order valence-electron chi connectivity index (χ3n) is 2.57. The first-order valence-electron chi connectivity index (χ1n) is 6.65. The van der Waals surface area contributed by atoms with E-state index in [0.717, 1.165) is 18.5 Å². The zero-order valence-electron chi connectivity index (χ0n) is 11.9. The number of hydrogen-bond acceptors (Lipinski definition) is 4. The number of nitrogens with zero attached hydrogens (tertiary/aromatic N) is 4. The van der Waals surface area contributed by atoms with Gasteiger partial charge in [0.15, 0.2) is 6.19 Å². The zero-order valence-corrected chi connectivity index (χ0v) is 11.9. The highest BCUT2D eigenvalue weighted by atomic mass is 16.1. The molecule has 0 saturated heterocycles. The third-order valence-corrected chi connectivity index (χ3v) is 2.57. The van der Waals surface area contributed by atoms with E-state index in [9.17, 15) is 4.79 Å². The molecule has 7 nitrogen and oxygen atoms in total. The Morgan fingerprint density at radius 3 is 3.00 bits per heavy atom. The van der Waals surface area contributed by atoms with Crippen molar-refractivity contribution in [3.8, 4) is 6.19 Å². The standard InChI is InChI=1S/C13H20N6O/c1-3-15-13(17-10-14)16-8-4-5-9-19-12(20)7-6-11(2)18-19/h6-7H,3-5,8-9H2,1-2H3,(H2,15,16,17). The molecule has 2 N–H and O–H groups in total. The summed E-state index contributed by atoms with van der Waals surface area (Å²) in [6, 6.07) is 3.24. The van der Waals surface area contributed by atoms with Crippen LogP contribution in [0.5, 0.6) is 0 Å². The van der Waals surface area contributed by atoms with Gasteiger partial charge in [0.25, 0.3) is 5.56 Å². The molecule has 0 bridgehead atoms. The lowest BCUT2D eigenvalue weighted by atomic mass is 10.3. The van der Waals surface area contributed by atoms with Gasteiger partial charge in [-0.05, 0) is 32.8 Å². The molecule has 20 heavy (non-hydrogen) atoms. The minimum atomic E-state index is -0.0846. The van der Waals surface area contributed by atoms with E-state index < -0.39 is 0 Å². The van der Waals surface area contributed by atoms with Crippen LogP contribution in [0.3, 0.4) is 0 Å². The molecule has 0 aliphatic carbocycles. The number of unbranched alkanes of at least 4 members (excludes halogenated alkanes) is 1. The monoisotopic (exact) mass is 276 g/mol. The Morgan fingerprint density at radius 2 is 2.30 bits per heavy atom. The summed E-state index contributed by atoms with van der Waals surface area (Å²) in [5.41, 5.74) is 0.744.